The molecule has 0 aromatic heterocycles. The normalized spacial score (nSPS) is 11.8. The molecule has 2 N–H and O–H groups in total. The van der Waals surface area contributed by atoms with Gasteiger partial charge in [-0.1, -0.05) is 54.6 Å². The van der Waals surface area contributed by atoms with Gasteiger partial charge in [-0.05, 0) is 41.0 Å². The van der Waals surface area contributed by atoms with Crippen molar-refractivity contribution in [2.75, 3.05) is 0 Å². The Balaban J connectivity index is 1.93. The molecule has 3 rings (SSSR count). The molecule has 1 atom stereocenters. The monoisotopic (exact) mass is 395 g/mol. The number of carboxylic acids is 1. The van der Waals surface area contributed by atoms with Crippen molar-refractivity contribution in [1.82, 2.24) is 5.32 Å². The highest BCUT2D eigenvalue weighted by Gasteiger charge is 2.32. The maximum atomic E-state index is 13.4. The number of benzene rings is 3. The number of halogens is 2. The van der Waals surface area contributed by atoms with Crippen LogP contribution in [0, 0.1) is 11.6 Å². The van der Waals surface area contributed by atoms with Gasteiger partial charge in [0.15, 0.2) is 0 Å². The van der Waals surface area contributed by atoms with Crippen molar-refractivity contribution in [3.8, 4) is 0 Å². The van der Waals surface area contributed by atoms with E-state index in [1.165, 1.54) is 48.5 Å². The number of nitrogens with one attached hydrogen (secondary N) is 1. The van der Waals surface area contributed by atoms with Crippen molar-refractivity contribution in [3.05, 3.63) is 107 Å². The highest BCUT2D eigenvalue weighted by Crippen LogP contribution is 2.29. The van der Waals surface area contributed by atoms with E-state index in [0.717, 1.165) is 5.56 Å². The molecule has 0 spiro atoms. The summed E-state index contributed by atoms with van der Waals surface area (Å²) in [6, 6.07) is 18.3. The Morgan fingerprint density at radius 1 is 0.793 bits per heavy atom. The number of aliphatic carboxylic acids is 1. The van der Waals surface area contributed by atoms with E-state index in [4.69, 9.17) is 0 Å². The molecule has 3 aromatic rings. The molecule has 0 heterocycles. The zero-order valence-corrected chi connectivity index (χ0v) is 15.4. The van der Waals surface area contributed by atoms with E-state index in [1.54, 1.807) is 24.3 Å². The smallest absolute Gasteiger partial charge is 0.327 e. The van der Waals surface area contributed by atoms with Crippen molar-refractivity contribution in [2.45, 2.75) is 18.4 Å². The van der Waals surface area contributed by atoms with Gasteiger partial charge in [0, 0.05) is 5.92 Å². The third kappa shape index (κ3) is 5.25. The van der Waals surface area contributed by atoms with Crippen LogP contribution in [0.15, 0.2) is 78.9 Å². The summed E-state index contributed by atoms with van der Waals surface area (Å²) in [5, 5.41) is 12.4. The van der Waals surface area contributed by atoms with Gasteiger partial charge in [-0.2, -0.15) is 0 Å². The molecule has 6 heteroatoms. The predicted molar refractivity (Wildman–Crippen MR) is 104 cm³/mol. The van der Waals surface area contributed by atoms with Crippen molar-refractivity contribution >= 4 is 11.9 Å². The molecule has 4 nitrogen and oxygen atoms in total. The summed E-state index contributed by atoms with van der Waals surface area (Å²) in [6.45, 7) is 0. The van der Waals surface area contributed by atoms with E-state index < -0.39 is 35.5 Å². The number of rotatable bonds is 7. The fourth-order valence-electron chi connectivity index (χ4n) is 3.21. The molecule has 0 unspecified atom stereocenters. The first kappa shape index (κ1) is 20.2. The summed E-state index contributed by atoms with van der Waals surface area (Å²) >= 11 is 0. The maximum absolute atomic E-state index is 13.4. The Hall–Kier alpha value is -3.54. The van der Waals surface area contributed by atoms with Gasteiger partial charge >= 0.3 is 5.97 Å². The molecule has 0 aliphatic heterocycles. The summed E-state index contributed by atoms with van der Waals surface area (Å²) in [4.78, 5) is 24.6. The number of carboxylic acid groups (broad SMARTS) is 1. The molecule has 3 aromatic carbocycles. The Labute approximate surface area is 166 Å². The molecule has 0 radical (unpaired) electrons. The Bertz CT molecular complexity index is 928. The van der Waals surface area contributed by atoms with Crippen LogP contribution in [0.5, 0.6) is 0 Å². The van der Waals surface area contributed by atoms with Crippen LogP contribution in [-0.4, -0.2) is 23.0 Å². The Morgan fingerprint density at radius 2 is 1.28 bits per heavy atom. The molecular weight excluding hydrogens is 376 g/mol. The molecule has 0 fully saturated rings. The van der Waals surface area contributed by atoms with Gasteiger partial charge in [0.05, 0.1) is 6.42 Å². The van der Waals surface area contributed by atoms with Gasteiger partial charge in [-0.15, -0.1) is 0 Å². The van der Waals surface area contributed by atoms with Gasteiger partial charge in [0.1, 0.15) is 17.7 Å². The highest BCUT2D eigenvalue weighted by molar-refractivity contribution is 5.86. The summed E-state index contributed by atoms with van der Waals surface area (Å²) in [7, 11) is 0. The number of hydrogen-bond acceptors (Lipinski definition) is 2. The second-order valence-electron chi connectivity index (χ2n) is 6.63. The second-order valence-corrected chi connectivity index (χ2v) is 6.63. The molecule has 0 aliphatic carbocycles. The highest BCUT2D eigenvalue weighted by atomic mass is 19.1. The van der Waals surface area contributed by atoms with Crippen LogP contribution in [0.4, 0.5) is 8.78 Å². The van der Waals surface area contributed by atoms with Gasteiger partial charge in [0.2, 0.25) is 5.91 Å². The molecule has 29 heavy (non-hydrogen) atoms. The zero-order valence-electron chi connectivity index (χ0n) is 15.4. The van der Waals surface area contributed by atoms with E-state index in [1.807, 2.05) is 6.07 Å². The molecule has 148 valence electrons. The van der Waals surface area contributed by atoms with Crippen LogP contribution in [-0.2, 0) is 16.0 Å². The molecule has 0 saturated heterocycles. The fourth-order valence-corrected chi connectivity index (χ4v) is 3.21. The Kier molecular flexibility index (Phi) is 6.34. The number of carbonyl (C=O) groups is 2. The number of carbonyl (C=O) groups excluding carboxylic acids is 1. The van der Waals surface area contributed by atoms with Crippen molar-refractivity contribution in [1.29, 1.82) is 0 Å². The van der Waals surface area contributed by atoms with Crippen molar-refractivity contribution < 1.29 is 23.5 Å². The van der Waals surface area contributed by atoms with Crippen molar-refractivity contribution in [3.63, 3.8) is 0 Å². The second kappa shape index (κ2) is 9.10. The van der Waals surface area contributed by atoms with Crippen LogP contribution in [0.25, 0.3) is 0 Å². The average Bonchev–Trinajstić information content (AvgIpc) is 2.71. The van der Waals surface area contributed by atoms with Crippen LogP contribution in [0.2, 0.25) is 0 Å². The van der Waals surface area contributed by atoms with E-state index in [0.29, 0.717) is 11.1 Å². The van der Waals surface area contributed by atoms with E-state index >= 15 is 0 Å². The molecule has 0 saturated carbocycles. The lowest BCUT2D eigenvalue weighted by atomic mass is 9.84. The van der Waals surface area contributed by atoms with E-state index in [9.17, 15) is 23.5 Å². The number of hydrogen-bond donors (Lipinski definition) is 2. The van der Waals surface area contributed by atoms with Gasteiger partial charge in [0.25, 0.3) is 0 Å². The van der Waals surface area contributed by atoms with Crippen LogP contribution >= 0.6 is 0 Å². The Morgan fingerprint density at radius 3 is 1.72 bits per heavy atom. The maximum Gasteiger partial charge on any atom is 0.327 e. The third-order valence-corrected chi connectivity index (χ3v) is 4.58. The first-order valence-electron chi connectivity index (χ1n) is 9.01. The standard InChI is InChI=1S/C23H19F2NO3/c24-18-10-6-16(7-11-18)21(17-8-12-19(25)13-9-17)22(23(28)29)26-20(27)14-15-4-2-1-3-5-15/h1-13,21-22H,14H2,(H,26,27)(H,28,29)/t22-/m1/s1. The molecule has 0 aliphatic rings. The summed E-state index contributed by atoms with van der Waals surface area (Å²) in [5.41, 5.74) is 1.73. The minimum atomic E-state index is -1.32. The van der Waals surface area contributed by atoms with Crippen LogP contribution in [0.1, 0.15) is 22.6 Å². The fraction of sp³-hybridized carbons (Fsp3) is 0.130. The lowest BCUT2D eigenvalue weighted by Crippen LogP contribution is -2.46. The quantitative estimate of drug-likeness (QED) is 0.638. The first-order valence-corrected chi connectivity index (χ1v) is 9.01. The zero-order chi connectivity index (χ0) is 20.8. The third-order valence-electron chi connectivity index (χ3n) is 4.58. The molecule has 1 amide bonds. The SMILES string of the molecule is O=C(Cc1ccccc1)N[C@@H](C(=O)O)C(c1ccc(F)cc1)c1ccc(F)cc1. The summed E-state index contributed by atoms with van der Waals surface area (Å²) in [6.07, 6.45) is 0.0180. The minimum absolute atomic E-state index is 0.0180. The van der Waals surface area contributed by atoms with E-state index in [-0.39, 0.29) is 6.42 Å². The topological polar surface area (TPSA) is 66.4 Å². The largest absolute Gasteiger partial charge is 0.480 e. The lowest BCUT2D eigenvalue weighted by molar-refractivity contribution is -0.142. The lowest BCUT2D eigenvalue weighted by Gasteiger charge is -2.26. The molecular formula is C23H19F2NO3. The number of amides is 1. The van der Waals surface area contributed by atoms with E-state index in [2.05, 4.69) is 5.32 Å². The first-order chi connectivity index (χ1) is 13.9. The van der Waals surface area contributed by atoms with Crippen molar-refractivity contribution in [2.24, 2.45) is 0 Å². The minimum Gasteiger partial charge on any atom is -0.480 e. The summed E-state index contributed by atoms with van der Waals surface area (Å²) < 4.78 is 26.8. The van der Waals surface area contributed by atoms with Gasteiger partial charge in [-0.25, -0.2) is 13.6 Å². The average molecular weight is 395 g/mol. The summed E-state index contributed by atoms with van der Waals surface area (Å²) in [5.74, 6) is -3.46. The molecule has 0 bridgehead atoms. The van der Waals surface area contributed by atoms with Crippen LogP contribution in [0.3, 0.4) is 0 Å². The van der Waals surface area contributed by atoms with Gasteiger partial charge in [-0.3, -0.25) is 4.79 Å². The van der Waals surface area contributed by atoms with Gasteiger partial charge < -0.3 is 10.4 Å². The van der Waals surface area contributed by atoms with Crippen LogP contribution < -0.4 is 5.32 Å². The predicted octanol–water partition coefficient (Wildman–Crippen LogP) is 3.91.